The number of rotatable bonds is 6. The number of aliphatic hydroxyl groups is 1. The molecular weight excluding hydrogens is 434 g/mol. The van der Waals surface area contributed by atoms with Gasteiger partial charge in [-0.3, -0.25) is 4.79 Å². The molecule has 0 aliphatic rings. The van der Waals surface area contributed by atoms with Gasteiger partial charge in [-0.1, -0.05) is 18.2 Å². The predicted octanol–water partition coefficient (Wildman–Crippen LogP) is 4.22. The number of benzene rings is 2. The number of nitrogens with one attached hydrogen (secondary N) is 1. The molecule has 2 atom stereocenters. The zero-order valence-electron chi connectivity index (χ0n) is 14.1. The van der Waals surface area contributed by atoms with Gasteiger partial charge in [0, 0.05) is 6.54 Å². The average Bonchev–Trinajstić information content (AvgIpc) is 2.60. The monoisotopic (exact) mass is 449 g/mol. The van der Waals surface area contributed by atoms with Crippen molar-refractivity contribution in [3.63, 3.8) is 0 Å². The first-order valence-electron chi connectivity index (χ1n) is 7.83. The van der Waals surface area contributed by atoms with Crippen LogP contribution in [0.3, 0.4) is 0 Å². The number of ether oxygens (including phenoxy) is 1. The van der Waals surface area contributed by atoms with E-state index in [1.165, 1.54) is 25.1 Å². The minimum Gasteiger partial charge on any atom is -0.480 e. The van der Waals surface area contributed by atoms with E-state index < -0.39 is 42.2 Å². The normalized spacial score (nSPS) is 13.7. The van der Waals surface area contributed by atoms with Gasteiger partial charge in [0.2, 0.25) is 0 Å². The van der Waals surface area contributed by atoms with E-state index in [-0.39, 0.29) is 11.3 Å². The summed E-state index contributed by atoms with van der Waals surface area (Å²) in [5, 5.41) is 12.4. The molecule has 146 valence electrons. The van der Waals surface area contributed by atoms with E-state index in [0.717, 1.165) is 24.3 Å². The largest absolute Gasteiger partial charge is 0.480 e. The van der Waals surface area contributed by atoms with Gasteiger partial charge in [-0.25, -0.2) is 4.39 Å². The molecule has 2 aromatic rings. The fraction of sp³-hybridized carbons (Fsp3) is 0.278. The molecule has 2 N–H and O–H groups in total. The van der Waals surface area contributed by atoms with E-state index in [1.54, 1.807) is 0 Å². The molecule has 1 amide bonds. The third-order valence-electron chi connectivity index (χ3n) is 3.66. The van der Waals surface area contributed by atoms with Crippen LogP contribution in [0.15, 0.2) is 46.9 Å². The third-order valence-corrected chi connectivity index (χ3v) is 4.28. The van der Waals surface area contributed by atoms with E-state index in [1.807, 2.05) is 0 Å². The maximum Gasteiger partial charge on any atom is 0.416 e. The first-order valence-corrected chi connectivity index (χ1v) is 8.62. The highest BCUT2D eigenvalue weighted by molar-refractivity contribution is 9.10. The van der Waals surface area contributed by atoms with Crippen molar-refractivity contribution in [2.75, 3.05) is 6.54 Å². The van der Waals surface area contributed by atoms with Gasteiger partial charge < -0.3 is 15.2 Å². The lowest BCUT2D eigenvalue weighted by molar-refractivity contribution is -0.139. The molecule has 0 aliphatic carbocycles. The Labute approximate surface area is 161 Å². The Morgan fingerprint density at radius 2 is 1.93 bits per heavy atom. The second kappa shape index (κ2) is 8.71. The molecule has 0 radical (unpaired) electrons. The maximum absolute atomic E-state index is 13.1. The molecule has 0 saturated heterocycles. The van der Waals surface area contributed by atoms with Crippen LogP contribution >= 0.6 is 15.9 Å². The standard InChI is InChI=1S/C18H16BrF4NO3/c1-10(27-16-7-6-11(20)8-14(16)19)17(26)24-9-15(25)12-4-2-3-5-13(12)18(21,22)23/h2-8,10,15,25H,9H2,1H3,(H,24,26). The minimum absolute atomic E-state index is 0.224. The average molecular weight is 450 g/mol. The van der Waals surface area contributed by atoms with Crippen LogP contribution in [-0.4, -0.2) is 23.7 Å². The summed E-state index contributed by atoms with van der Waals surface area (Å²) in [5.74, 6) is -0.908. The van der Waals surface area contributed by atoms with Gasteiger partial charge in [-0.15, -0.1) is 0 Å². The molecule has 2 aromatic carbocycles. The molecule has 0 heterocycles. The Kier molecular flexibility index (Phi) is 6.83. The van der Waals surface area contributed by atoms with Gasteiger partial charge in [0.25, 0.3) is 5.91 Å². The number of amides is 1. The predicted molar refractivity (Wildman–Crippen MR) is 93.6 cm³/mol. The fourth-order valence-corrected chi connectivity index (χ4v) is 2.76. The molecule has 0 bridgehead atoms. The first-order chi connectivity index (χ1) is 12.6. The summed E-state index contributed by atoms with van der Waals surface area (Å²) in [6, 6.07) is 8.24. The number of carbonyl (C=O) groups is 1. The number of hydrogen-bond acceptors (Lipinski definition) is 3. The van der Waals surface area contributed by atoms with Crippen molar-refractivity contribution < 1.29 is 32.2 Å². The zero-order valence-corrected chi connectivity index (χ0v) is 15.6. The smallest absolute Gasteiger partial charge is 0.416 e. The summed E-state index contributed by atoms with van der Waals surface area (Å²) in [4.78, 5) is 12.1. The molecule has 2 rings (SSSR count). The van der Waals surface area contributed by atoms with Crippen molar-refractivity contribution in [2.45, 2.75) is 25.3 Å². The maximum atomic E-state index is 13.1. The molecule has 0 fully saturated rings. The van der Waals surface area contributed by atoms with Crippen LogP contribution in [0.25, 0.3) is 0 Å². The molecule has 9 heteroatoms. The Morgan fingerprint density at radius 1 is 1.26 bits per heavy atom. The number of carbonyl (C=O) groups excluding carboxylic acids is 1. The molecule has 0 saturated carbocycles. The number of alkyl halides is 3. The SMILES string of the molecule is CC(Oc1ccc(F)cc1Br)C(=O)NCC(O)c1ccccc1C(F)(F)F. The van der Waals surface area contributed by atoms with Crippen molar-refractivity contribution in [3.05, 3.63) is 63.9 Å². The summed E-state index contributed by atoms with van der Waals surface area (Å²) in [6.07, 6.45) is -7.18. The summed E-state index contributed by atoms with van der Waals surface area (Å²) < 4.78 is 57.7. The van der Waals surface area contributed by atoms with E-state index in [0.29, 0.717) is 4.47 Å². The topological polar surface area (TPSA) is 58.6 Å². The minimum atomic E-state index is -4.62. The Hall–Kier alpha value is -2.13. The van der Waals surface area contributed by atoms with Gasteiger partial charge in [0.1, 0.15) is 11.6 Å². The summed E-state index contributed by atoms with van der Waals surface area (Å²) in [6.45, 7) is 0.991. The van der Waals surface area contributed by atoms with Crippen molar-refractivity contribution in [2.24, 2.45) is 0 Å². The van der Waals surface area contributed by atoms with Crippen molar-refractivity contribution in [1.29, 1.82) is 0 Å². The van der Waals surface area contributed by atoms with Gasteiger partial charge in [-0.2, -0.15) is 13.2 Å². The summed E-state index contributed by atoms with van der Waals surface area (Å²) >= 11 is 3.10. The quantitative estimate of drug-likeness (QED) is 0.649. The van der Waals surface area contributed by atoms with Gasteiger partial charge in [0.15, 0.2) is 6.10 Å². The van der Waals surface area contributed by atoms with Crippen LogP contribution in [-0.2, 0) is 11.0 Å². The second-order valence-electron chi connectivity index (χ2n) is 5.68. The van der Waals surface area contributed by atoms with Crippen LogP contribution in [0.4, 0.5) is 17.6 Å². The van der Waals surface area contributed by atoms with Crippen molar-refractivity contribution in [3.8, 4) is 5.75 Å². The van der Waals surface area contributed by atoms with E-state index >= 15 is 0 Å². The Morgan fingerprint density at radius 3 is 2.56 bits per heavy atom. The number of halogens is 5. The molecular formula is C18H16BrF4NO3. The highest BCUT2D eigenvalue weighted by Gasteiger charge is 2.34. The van der Waals surface area contributed by atoms with Crippen molar-refractivity contribution in [1.82, 2.24) is 5.32 Å². The summed E-state index contributed by atoms with van der Waals surface area (Å²) in [5.41, 5.74) is -1.30. The molecule has 0 aromatic heterocycles. The molecule has 4 nitrogen and oxygen atoms in total. The van der Waals surface area contributed by atoms with Crippen LogP contribution < -0.4 is 10.1 Å². The van der Waals surface area contributed by atoms with Gasteiger partial charge >= 0.3 is 6.18 Å². The van der Waals surface area contributed by atoms with Crippen LogP contribution in [0.5, 0.6) is 5.75 Å². The van der Waals surface area contributed by atoms with Gasteiger partial charge in [0.05, 0.1) is 16.1 Å². The summed E-state index contributed by atoms with van der Waals surface area (Å²) in [7, 11) is 0. The molecule has 0 spiro atoms. The highest BCUT2D eigenvalue weighted by atomic mass is 79.9. The van der Waals surface area contributed by atoms with Crippen molar-refractivity contribution >= 4 is 21.8 Å². The van der Waals surface area contributed by atoms with Crippen LogP contribution in [0.2, 0.25) is 0 Å². The Bertz CT molecular complexity index is 813. The first kappa shape index (κ1) is 21.2. The lowest BCUT2D eigenvalue weighted by Gasteiger charge is -2.20. The Balaban J connectivity index is 1.99. The number of aliphatic hydroxyl groups excluding tert-OH is 1. The van der Waals surface area contributed by atoms with Gasteiger partial charge in [-0.05, 0) is 52.7 Å². The van der Waals surface area contributed by atoms with Crippen LogP contribution in [0.1, 0.15) is 24.2 Å². The highest BCUT2D eigenvalue weighted by Crippen LogP contribution is 2.34. The van der Waals surface area contributed by atoms with E-state index in [2.05, 4.69) is 21.2 Å². The molecule has 0 aliphatic heterocycles. The number of hydrogen-bond donors (Lipinski definition) is 2. The van der Waals surface area contributed by atoms with E-state index in [4.69, 9.17) is 4.74 Å². The fourth-order valence-electron chi connectivity index (χ4n) is 2.31. The second-order valence-corrected chi connectivity index (χ2v) is 6.54. The van der Waals surface area contributed by atoms with Crippen LogP contribution in [0, 0.1) is 5.82 Å². The molecule has 2 unspecified atom stereocenters. The third kappa shape index (κ3) is 5.67. The molecule has 27 heavy (non-hydrogen) atoms. The zero-order chi connectivity index (χ0) is 20.2. The van der Waals surface area contributed by atoms with E-state index in [9.17, 15) is 27.5 Å². The lowest BCUT2D eigenvalue weighted by atomic mass is 10.0. The lowest BCUT2D eigenvalue weighted by Crippen LogP contribution is -2.38.